The van der Waals surface area contributed by atoms with Crippen LogP contribution in [0.2, 0.25) is 0 Å². The zero-order chi connectivity index (χ0) is 33.3. The molecule has 1 heterocycles. The molecule has 0 unspecified atom stereocenters. The van der Waals surface area contributed by atoms with Crippen LogP contribution < -0.4 is 18.9 Å². The van der Waals surface area contributed by atoms with E-state index in [1.807, 2.05) is 30.3 Å². The van der Waals surface area contributed by atoms with E-state index in [1.54, 1.807) is 56.7 Å². The summed E-state index contributed by atoms with van der Waals surface area (Å²) in [5.41, 5.74) is 6.77. The molecular formula is C40H34O8. The first-order valence-corrected chi connectivity index (χ1v) is 15.8. The van der Waals surface area contributed by atoms with Gasteiger partial charge in [-0.05, 0) is 100 Å². The Hall–Kier alpha value is -5.76. The molecule has 0 amide bonds. The largest absolute Gasteiger partial charge is 0.508 e. The first-order chi connectivity index (χ1) is 23.3. The van der Waals surface area contributed by atoms with E-state index in [4.69, 9.17) is 18.9 Å². The van der Waals surface area contributed by atoms with Crippen LogP contribution in [0.3, 0.4) is 0 Å². The van der Waals surface area contributed by atoms with Crippen LogP contribution in [0.15, 0.2) is 78.9 Å². The second-order valence-electron chi connectivity index (χ2n) is 12.4. The molecule has 2 atom stereocenters. The van der Waals surface area contributed by atoms with Crippen molar-refractivity contribution in [2.75, 3.05) is 21.3 Å². The molecule has 242 valence electrons. The number of methoxy groups -OCH3 is 3. The molecule has 0 bridgehead atoms. The summed E-state index contributed by atoms with van der Waals surface area (Å²) >= 11 is 0. The van der Waals surface area contributed by atoms with Crippen molar-refractivity contribution in [3.63, 3.8) is 0 Å². The molecular weight excluding hydrogens is 608 g/mol. The third kappa shape index (κ3) is 4.51. The lowest BCUT2D eigenvalue weighted by molar-refractivity contribution is 0.208. The van der Waals surface area contributed by atoms with Gasteiger partial charge >= 0.3 is 0 Å². The van der Waals surface area contributed by atoms with Gasteiger partial charge in [0.25, 0.3) is 0 Å². The fourth-order valence-corrected chi connectivity index (χ4v) is 7.84. The van der Waals surface area contributed by atoms with E-state index in [1.165, 1.54) is 7.11 Å². The summed E-state index contributed by atoms with van der Waals surface area (Å²) in [4.78, 5) is 0. The maximum Gasteiger partial charge on any atom is 0.160 e. The monoisotopic (exact) mass is 642 g/mol. The molecule has 8 heteroatoms. The predicted molar refractivity (Wildman–Crippen MR) is 183 cm³/mol. The Morgan fingerprint density at radius 1 is 0.688 bits per heavy atom. The molecule has 8 nitrogen and oxygen atoms in total. The highest BCUT2D eigenvalue weighted by atomic mass is 16.5. The number of phenolic OH excluding ortho intramolecular Hbond substituents is 4. The number of hydrogen-bond donors (Lipinski definition) is 4. The molecule has 0 radical (unpaired) electrons. The van der Waals surface area contributed by atoms with Crippen LogP contribution in [0.5, 0.6) is 46.0 Å². The SMILES string of the molecule is COc1cc([C@@H]2Oc3ccc4c(c3[C@H]2Cc2c(O)cc(OC)c3c2ccc2cc(O)ccc23)CCc2cc(O)cc(OC)c2-4)ccc1O. The lowest BCUT2D eigenvalue weighted by Gasteiger charge is -2.27. The summed E-state index contributed by atoms with van der Waals surface area (Å²) in [5, 5.41) is 46.1. The zero-order valence-electron chi connectivity index (χ0n) is 26.7. The van der Waals surface area contributed by atoms with Crippen LogP contribution in [0, 0.1) is 0 Å². The number of aromatic hydroxyl groups is 4. The highest BCUT2D eigenvalue weighted by Crippen LogP contribution is 2.55. The topological polar surface area (TPSA) is 118 Å². The summed E-state index contributed by atoms with van der Waals surface area (Å²) in [6.45, 7) is 0. The van der Waals surface area contributed by atoms with Gasteiger partial charge in [0.2, 0.25) is 0 Å². The second kappa shape index (κ2) is 11.2. The predicted octanol–water partition coefficient (Wildman–Crippen LogP) is 8.07. The van der Waals surface area contributed by atoms with E-state index in [0.29, 0.717) is 30.1 Å². The molecule has 8 rings (SSSR count). The standard InChI is InChI=1S/C40H34O8/c1-45-34-16-22(6-12-31(34)43)40-30(18-29-28-8-4-20-14-23(41)7-10-25(20)38(28)36(47-3)19-32(29)44)39-27-9-5-21-15-24(42)17-35(46-2)37(21)26(27)11-13-33(39)48-40/h4,6-8,10-17,19,30,40-44H,5,9,18H2,1-3H3/t30-,40+/m1/s1. The molecule has 6 aromatic carbocycles. The number of aryl methyl sites for hydroxylation is 1. The fraction of sp³-hybridized carbons (Fsp3) is 0.200. The molecule has 0 saturated carbocycles. The molecule has 6 aromatic rings. The van der Waals surface area contributed by atoms with Crippen molar-refractivity contribution in [2.45, 2.75) is 31.3 Å². The van der Waals surface area contributed by atoms with Crippen molar-refractivity contribution in [1.82, 2.24) is 0 Å². The van der Waals surface area contributed by atoms with Gasteiger partial charge in [0.1, 0.15) is 40.6 Å². The molecule has 0 fully saturated rings. The van der Waals surface area contributed by atoms with Crippen LogP contribution in [0.1, 0.15) is 39.8 Å². The Morgan fingerprint density at radius 3 is 2.27 bits per heavy atom. The average Bonchev–Trinajstić information content (AvgIpc) is 3.46. The molecule has 1 aliphatic heterocycles. The van der Waals surface area contributed by atoms with Crippen LogP contribution >= 0.6 is 0 Å². The maximum atomic E-state index is 11.6. The lowest BCUT2D eigenvalue weighted by Crippen LogP contribution is -2.15. The highest BCUT2D eigenvalue weighted by Gasteiger charge is 2.40. The number of ether oxygens (including phenoxy) is 4. The Kier molecular flexibility index (Phi) is 6.91. The van der Waals surface area contributed by atoms with Crippen molar-refractivity contribution in [3.8, 4) is 57.1 Å². The normalized spacial score (nSPS) is 16.2. The van der Waals surface area contributed by atoms with Crippen LogP contribution in [-0.4, -0.2) is 41.8 Å². The number of phenols is 4. The summed E-state index contributed by atoms with van der Waals surface area (Å²) < 4.78 is 23.8. The van der Waals surface area contributed by atoms with Gasteiger partial charge in [-0.25, -0.2) is 0 Å². The van der Waals surface area contributed by atoms with Crippen LogP contribution in [-0.2, 0) is 19.3 Å². The van der Waals surface area contributed by atoms with Crippen molar-refractivity contribution in [2.24, 2.45) is 0 Å². The smallest absolute Gasteiger partial charge is 0.160 e. The fourth-order valence-electron chi connectivity index (χ4n) is 7.84. The van der Waals surface area contributed by atoms with E-state index >= 15 is 0 Å². The van der Waals surface area contributed by atoms with Crippen LogP contribution in [0.4, 0.5) is 0 Å². The van der Waals surface area contributed by atoms with Gasteiger partial charge in [0.15, 0.2) is 11.5 Å². The van der Waals surface area contributed by atoms with E-state index in [2.05, 4.69) is 6.07 Å². The Labute approximate surface area is 277 Å². The minimum atomic E-state index is -0.460. The van der Waals surface area contributed by atoms with E-state index in [9.17, 15) is 20.4 Å². The third-order valence-corrected chi connectivity index (χ3v) is 9.94. The van der Waals surface area contributed by atoms with Gasteiger partial charge < -0.3 is 39.4 Å². The molecule has 4 N–H and O–H groups in total. The Morgan fingerprint density at radius 2 is 1.48 bits per heavy atom. The molecule has 48 heavy (non-hydrogen) atoms. The number of benzene rings is 6. The minimum absolute atomic E-state index is 0.0364. The van der Waals surface area contributed by atoms with Crippen molar-refractivity contribution in [3.05, 3.63) is 107 Å². The van der Waals surface area contributed by atoms with Gasteiger partial charge in [0, 0.05) is 40.1 Å². The molecule has 2 aliphatic rings. The molecule has 0 spiro atoms. The third-order valence-electron chi connectivity index (χ3n) is 9.94. The maximum absolute atomic E-state index is 11.6. The first kappa shape index (κ1) is 29.6. The summed E-state index contributed by atoms with van der Waals surface area (Å²) in [6, 6.07) is 23.6. The van der Waals surface area contributed by atoms with E-state index < -0.39 is 6.10 Å². The number of hydrogen-bond acceptors (Lipinski definition) is 8. The lowest BCUT2D eigenvalue weighted by atomic mass is 9.76. The molecule has 1 aliphatic carbocycles. The van der Waals surface area contributed by atoms with Crippen LogP contribution in [0.25, 0.3) is 32.7 Å². The molecule has 0 aromatic heterocycles. The van der Waals surface area contributed by atoms with Gasteiger partial charge in [-0.1, -0.05) is 24.3 Å². The van der Waals surface area contributed by atoms with E-state index in [-0.39, 0.29) is 28.9 Å². The first-order valence-electron chi connectivity index (χ1n) is 15.8. The van der Waals surface area contributed by atoms with Crippen molar-refractivity contribution >= 4 is 21.5 Å². The molecule has 0 saturated heterocycles. The van der Waals surface area contributed by atoms with Gasteiger partial charge in [0.05, 0.1) is 21.3 Å². The quantitative estimate of drug-likeness (QED) is 0.135. The number of rotatable bonds is 6. The van der Waals surface area contributed by atoms with Crippen molar-refractivity contribution < 1.29 is 39.4 Å². The Bertz CT molecular complexity index is 2260. The zero-order valence-corrected chi connectivity index (χ0v) is 26.7. The Balaban J connectivity index is 1.36. The summed E-state index contributed by atoms with van der Waals surface area (Å²) in [7, 11) is 4.71. The summed E-state index contributed by atoms with van der Waals surface area (Å²) in [6.07, 6.45) is 1.40. The van der Waals surface area contributed by atoms with Gasteiger partial charge in [-0.2, -0.15) is 0 Å². The second-order valence-corrected chi connectivity index (χ2v) is 12.4. The van der Waals surface area contributed by atoms with Gasteiger partial charge in [-0.3, -0.25) is 0 Å². The number of fused-ring (bicyclic) bond motifs is 8. The average molecular weight is 643 g/mol. The van der Waals surface area contributed by atoms with Crippen molar-refractivity contribution in [1.29, 1.82) is 0 Å². The van der Waals surface area contributed by atoms with E-state index in [0.717, 1.165) is 72.7 Å². The highest BCUT2D eigenvalue weighted by molar-refractivity contribution is 6.12. The summed E-state index contributed by atoms with van der Waals surface area (Å²) in [5.74, 6) is 2.50. The van der Waals surface area contributed by atoms with Gasteiger partial charge in [-0.15, -0.1) is 0 Å². The minimum Gasteiger partial charge on any atom is -0.508 e.